The first-order valence-electron chi connectivity index (χ1n) is 12.1. The summed E-state index contributed by atoms with van der Waals surface area (Å²) in [6.45, 7) is 3.71. The van der Waals surface area contributed by atoms with Crippen molar-refractivity contribution in [3.05, 3.63) is 83.1 Å². The highest BCUT2D eigenvalue weighted by Gasteiger charge is 2.46. The highest BCUT2D eigenvalue weighted by atomic mass is 32.1. The van der Waals surface area contributed by atoms with E-state index in [1.807, 2.05) is 12.1 Å². The van der Waals surface area contributed by atoms with Crippen LogP contribution < -0.4 is 10.6 Å². The van der Waals surface area contributed by atoms with E-state index in [1.165, 1.54) is 4.90 Å². The molecule has 0 aromatic heterocycles. The zero-order chi connectivity index (χ0) is 28.9. The van der Waals surface area contributed by atoms with Crippen molar-refractivity contribution in [2.45, 2.75) is 37.1 Å². The van der Waals surface area contributed by atoms with Crippen LogP contribution in [-0.4, -0.2) is 82.0 Å². The van der Waals surface area contributed by atoms with Crippen molar-refractivity contribution in [1.29, 1.82) is 0 Å². The van der Waals surface area contributed by atoms with Crippen molar-refractivity contribution in [1.82, 2.24) is 20.4 Å². The van der Waals surface area contributed by atoms with E-state index in [-0.39, 0.29) is 23.7 Å². The maximum absolute atomic E-state index is 12.5. The van der Waals surface area contributed by atoms with E-state index in [0.29, 0.717) is 37.4 Å². The number of imide groups is 1. The molecular formula is C27H22N4O5S4. The van der Waals surface area contributed by atoms with Gasteiger partial charge in [0.2, 0.25) is 0 Å². The van der Waals surface area contributed by atoms with Crippen LogP contribution >= 0.6 is 48.9 Å². The van der Waals surface area contributed by atoms with Gasteiger partial charge in [0.1, 0.15) is 32.1 Å². The van der Waals surface area contributed by atoms with E-state index >= 15 is 0 Å². The summed E-state index contributed by atoms with van der Waals surface area (Å²) in [6.07, 6.45) is -1.23. The average Bonchev–Trinajstić information content (AvgIpc) is 3.31. The summed E-state index contributed by atoms with van der Waals surface area (Å²) >= 11 is 20.8. The molecule has 4 unspecified atom stereocenters. The third kappa shape index (κ3) is 4.78. The minimum atomic E-state index is -0.932. The van der Waals surface area contributed by atoms with Gasteiger partial charge >= 0.3 is 0 Å². The van der Waals surface area contributed by atoms with E-state index in [1.54, 1.807) is 36.4 Å². The number of fused-ring (bicyclic) bond motifs is 2. The van der Waals surface area contributed by atoms with Gasteiger partial charge in [-0.05, 0) is 18.2 Å². The minimum absolute atomic E-state index is 0.181. The summed E-state index contributed by atoms with van der Waals surface area (Å²) in [5.41, 5.74) is 2.57. The largest absolute Gasteiger partial charge is 0.390 e. The number of hydrogen-bond acceptors (Lipinski definition) is 9. The lowest BCUT2D eigenvalue weighted by molar-refractivity contribution is 0.0444. The molecule has 4 heterocycles. The molecule has 0 aliphatic carbocycles. The van der Waals surface area contributed by atoms with Crippen molar-refractivity contribution in [3.63, 3.8) is 0 Å². The molecule has 4 aliphatic rings. The number of aliphatic hydroxyl groups excluding tert-OH is 2. The monoisotopic (exact) mass is 610 g/mol. The van der Waals surface area contributed by atoms with Gasteiger partial charge in [0.25, 0.3) is 17.7 Å². The van der Waals surface area contributed by atoms with Crippen LogP contribution in [0, 0.1) is 0 Å². The maximum Gasteiger partial charge on any atom is 0.262 e. The number of hydrogen-bond donors (Lipinski definition) is 4. The number of thiocarbonyl (C=S) groups is 4. The standard InChI is InChI=1S/C14H12N2O3S.C13H10N2O2S3/c1-7-6-10(17)11(12(20)15-7)16-13(18)8-4-2-3-5-9(8)14(16)19;16-9-5-8(10(18)14-11(9)19)15-12(17)6-3-1-2-4-7(6)13(15)20/h2-5,10-11,17H,1,6H2,(H,15,20);1-4,8-9,16H,5H2,(H,14,18,19). The molecule has 9 nitrogen and oxygen atoms in total. The first-order valence-corrected chi connectivity index (χ1v) is 13.8. The van der Waals surface area contributed by atoms with Gasteiger partial charge in [-0.3, -0.25) is 24.2 Å². The van der Waals surface area contributed by atoms with Gasteiger partial charge in [-0.15, -0.1) is 0 Å². The third-order valence-corrected chi connectivity index (χ3v) is 8.44. The fraction of sp³-hybridized carbons (Fsp3) is 0.222. The fourth-order valence-corrected chi connectivity index (χ4v) is 6.39. The van der Waals surface area contributed by atoms with Gasteiger partial charge in [-0.25, -0.2) is 0 Å². The Bertz CT molecular complexity index is 1470. The number of nitrogens with zero attached hydrogens (tertiary/aromatic N) is 2. The Morgan fingerprint density at radius 1 is 0.725 bits per heavy atom. The number of piperidine rings is 2. The molecule has 0 bridgehead atoms. The number of aliphatic hydroxyl groups is 2. The second-order valence-corrected chi connectivity index (χ2v) is 11.2. The van der Waals surface area contributed by atoms with Crippen molar-refractivity contribution < 1.29 is 24.6 Å². The van der Waals surface area contributed by atoms with Crippen LogP contribution in [0.2, 0.25) is 0 Å². The van der Waals surface area contributed by atoms with Crippen LogP contribution in [-0.2, 0) is 0 Å². The average molecular weight is 611 g/mol. The minimum Gasteiger partial charge on any atom is -0.390 e. The van der Waals surface area contributed by atoms with E-state index in [9.17, 15) is 24.6 Å². The fourth-order valence-electron chi connectivity index (χ4n) is 5.02. The van der Waals surface area contributed by atoms with Crippen LogP contribution in [0.15, 0.2) is 60.8 Å². The van der Waals surface area contributed by atoms with Crippen LogP contribution in [0.1, 0.15) is 49.5 Å². The van der Waals surface area contributed by atoms with E-state index in [0.717, 1.165) is 10.5 Å². The number of carbonyl (C=O) groups excluding carboxylic acids is 3. The van der Waals surface area contributed by atoms with Crippen LogP contribution in [0.25, 0.3) is 0 Å². The van der Waals surface area contributed by atoms with E-state index in [4.69, 9.17) is 48.9 Å². The second kappa shape index (κ2) is 10.9. The molecule has 204 valence electrons. The molecule has 2 aromatic carbocycles. The smallest absolute Gasteiger partial charge is 0.262 e. The zero-order valence-electron chi connectivity index (χ0n) is 20.7. The molecule has 13 heteroatoms. The van der Waals surface area contributed by atoms with Gasteiger partial charge < -0.3 is 20.8 Å². The SMILES string of the molecule is C=C1CC(O)C(N2C(=O)c3ccccc3C2=O)C(=S)N1.O=C1c2ccccc2C(=S)N1C1CC(O)C(=S)NC1=S. The lowest BCUT2D eigenvalue weighted by Crippen LogP contribution is -2.57. The van der Waals surface area contributed by atoms with E-state index in [2.05, 4.69) is 17.2 Å². The number of nitrogens with one attached hydrogen (secondary N) is 2. The summed E-state index contributed by atoms with van der Waals surface area (Å²) in [5, 5.41) is 25.6. The van der Waals surface area contributed by atoms with Crippen LogP contribution in [0.4, 0.5) is 0 Å². The molecule has 4 N–H and O–H groups in total. The molecule has 2 aromatic rings. The molecule has 0 spiro atoms. The Morgan fingerprint density at radius 3 is 1.75 bits per heavy atom. The Morgan fingerprint density at radius 2 is 1.23 bits per heavy atom. The predicted molar refractivity (Wildman–Crippen MR) is 163 cm³/mol. The Kier molecular flexibility index (Phi) is 7.70. The van der Waals surface area contributed by atoms with Crippen molar-refractivity contribution >= 4 is 86.5 Å². The summed E-state index contributed by atoms with van der Waals surface area (Å²) < 4.78 is 0. The zero-order valence-corrected chi connectivity index (χ0v) is 24.0. The summed E-state index contributed by atoms with van der Waals surface area (Å²) in [7, 11) is 0. The predicted octanol–water partition coefficient (Wildman–Crippen LogP) is 2.04. The number of carbonyl (C=O) groups is 3. The van der Waals surface area contributed by atoms with Crippen LogP contribution in [0.3, 0.4) is 0 Å². The lowest BCUT2D eigenvalue weighted by Gasteiger charge is -2.35. The first-order chi connectivity index (χ1) is 19.0. The molecule has 0 radical (unpaired) electrons. The molecule has 3 amide bonds. The molecular weight excluding hydrogens is 589 g/mol. The van der Waals surface area contributed by atoms with Gasteiger partial charge in [0.15, 0.2) is 0 Å². The highest BCUT2D eigenvalue weighted by Crippen LogP contribution is 2.30. The number of benzene rings is 2. The Balaban J connectivity index is 0.000000161. The molecule has 4 aliphatic heterocycles. The van der Waals surface area contributed by atoms with Crippen molar-refractivity contribution in [3.8, 4) is 0 Å². The quantitative estimate of drug-likeness (QED) is 0.295. The molecule has 6 rings (SSSR count). The molecule has 40 heavy (non-hydrogen) atoms. The van der Waals surface area contributed by atoms with Crippen molar-refractivity contribution in [2.24, 2.45) is 0 Å². The normalized spacial score (nSPS) is 25.8. The summed E-state index contributed by atoms with van der Waals surface area (Å²) in [5.74, 6) is -1.03. The molecule has 2 fully saturated rings. The lowest BCUT2D eigenvalue weighted by atomic mass is 10.00. The number of amides is 3. The van der Waals surface area contributed by atoms with Crippen LogP contribution in [0.5, 0.6) is 0 Å². The molecule has 4 atom stereocenters. The maximum atomic E-state index is 12.5. The van der Waals surface area contributed by atoms with Gasteiger partial charge in [-0.2, -0.15) is 0 Å². The molecule has 2 saturated heterocycles. The highest BCUT2D eigenvalue weighted by molar-refractivity contribution is 7.82. The van der Waals surface area contributed by atoms with Crippen molar-refractivity contribution in [2.75, 3.05) is 0 Å². The Hall–Kier alpha value is -3.33. The second-order valence-electron chi connectivity index (χ2n) is 9.48. The van der Waals surface area contributed by atoms with E-state index < -0.39 is 36.1 Å². The summed E-state index contributed by atoms with van der Waals surface area (Å²) in [4.78, 5) is 41.1. The third-order valence-electron chi connectivity index (χ3n) is 6.93. The Labute approximate surface area is 250 Å². The van der Waals surface area contributed by atoms with Gasteiger partial charge in [-0.1, -0.05) is 85.8 Å². The molecule has 0 saturated carbocycles. The first kappa shape index (κ1) is 28.2. The topological polar surface area (TPSA) is 122 Å². The number of rotatable bonds is 2. The van der Waals surface area contributed by atoms with Gasteiger partial charge in [0, 0.05) is 24.1 Å². The van der Waals surface area contributed by atoms with Gasteiger partial charge in [0.05, 0.1) is 28.8 Å². The summed E-state index contributed by atoms with van der Waals surface area (Å²) in [6, 6.07) is 12.5.